The fraction of sp³-hybridized carbons (Fsp3) is 0.929. The first-order valence-electron chi connectivity index (χ1n) is 7.21. The van der Waals surface area contributed by atoms with Crippen LogP contribution in [0.3, 0.4) is 0 Å². The van der Waals surface area contributed by atoms with Crippen molar-refractivity contribution in [2.45, 2.75) is 51.9 Å². The van der Waals surface area contributed by atoms with E-state index in [0.717, 1.165) is 31.8 Å². The third-order valence-electron chi connectivity index (χ3n) is 4.50. The van der Waals surface area contributed by atoms with Crippen LogP contribution in [0.1, 0.15) is 51.9 Å². The molecule has 2 aliphatic rings. The van der Waals surface area contributed by atoms with Crippen molar-refractivity contribution in [2.75, 3.05) is 19.6 Å². The van der Waals surface area contributed by atoms with Crippen molar-refractivity contribution in [3.63, 3.8) is 0 Å². The van der Waals surface area contributed by atoms with Crippen LogP contribution >= 0.6 is 0 Å². The molecule has 0 aromatic rings. The first-order chi connectivity index (χ1) is 8.22. The maximum Gasteiger partial charge on any atom is 0.230 e. The van der Waals surface area contributed by atoms with Gasteiger partial charge in [0, 0.05) is 19.6 Å². The Morgan fingerprint density at radius 3 is 2.41 bits per heavy atom. The molecule has 2 fully saturated rings. The van der Waals surface area contributed by atoms with Crippen LogP contribution in [0.15, 0.2) is 0 Å². The van der Waals surface area contributed by atoms with E-state index in [1.807, 2.05) is 0 Å². The van der Waals surface area contributed by atoms with Crippen LogP contribution in [0, 0.1) is 11.3 Å². The fourth-order valence-electron chi connectivity index (χ4n) is 3.04. The SMILES string of the molecule is CCN(CC1CC1)C(=O)C1(CN)CCCCC1. The lowest BCUT2D eigenvalue weighted by molar-refractivity contribution is -0.143. The third-order valence-corrected chi connectivity index (χ3v) is 4.50. The van der Waals surface area contributed by atoms with Crippen molar-refractivity contribution in [1.82, 2.24) is 4.90 Å². The summed E-state index contributed by atoms with van der Waals surface area (Å²) in [6, 6.07) is 0. The summed E-state index contributed by atoms with van der Waals surface area (Å²) >= 11 is 0. The van der Waals surface area contributed by atoms with E-state index in [4.69, 9.17) is 5.73 Å². The van der Waals surface area contributed by atoms with Gasteiger partial charge in [0.2, 0.25) is 5.91 Å². The molecule has 2 saturated carbocycles. The highest BCUT2D eigenvalue weighted by molar-refractivity contribution is 5.83. The van der Waals surface area contributed by atoms with Crippen molar-refractivity contribution in [3.05, 3.63) is 0 Å². The second-order valence-electron chi connectivity index (χ2n) is 5.83. The zero-order valence-electron chi connectivity index (χ0n) is 11.1. The summed E-state index contributed by atoms with van der Waals surface area (Å²) in [5.41, 5.74) is 5.71. The molecule has 2 N–H and O–H groups in total. The molecule has 2 aliphatic carbocycles. The van der Waals surface area contributed by atoms with Crippen LogP contribution in [0.5, 0.6) is 0 Å². The molecule has 2 rings (SSSR count). The Morgan fingerprint density at radius 1 is 1.29 bits per heavy atom. The van der Waals surface area contributed by atoms with E-state index in [9.17, 15) is 4.79 Å². The lowest BCUT2D eigenvalue weighted by Crippen LogP contribution is -2.49. The average molecular weight is 238 g/mol. The number of nitrogens with two attached hydrogens (primary N) is 1. The topological polar surface area (TPSA) is 46.3 Å². The number of nitrogens with zero attached hydrogens (tertiary/aromatic N) is 1. The highest BCUT2D eigenvalue weighted by Crippen LogP contribution is 2.38. The smallest absolute Gasteiger partial charge is 0.230 e. The van der Waals surface area contributed by atoms with Gasteiger partial charge in [-0.25, -0.2) is 0 Å². The van der Waals surface area contributed by atoms with Crippen LogP contribution in [0.4, 0.5) is 0 Å². The Bertz CT molecular complexity index is 267. The number of carbonyl (C=O) groups excluding carboxylic acids is 1. The molecular formula is C14H26N2O. The minimum absolute atomic E-state index is 0.219. The summed E-state index contributed by atoms with van der Waals surface area (Å²) in [5.74, 6) is 1.12. The standard InChI is InChI=1S/C14H26N2O/c1-2-16(10-12-6-7-12)13(17)14(11-15)8-4-3-5-9-14/h12H,2-11,15H2,1H3. The Labute approximate surface area is 105 Å². The van der Waals surface area contributed by atoms with E-state index >= 15 is 0 Å². The van der Waals surface area contributed by atoms with E-state index in [0.29, 0.717) is 12.5 Å². The molecular weight excluding hydrogens is 212 g/mol. The molecule has 0 saturated heterocycles. The van der Waals surface area contributed by atoms with E-state index < -0.39 is 0 Å². The summed E-state index contributed by atoms with van der Waals surface area (Å²) in [7, 11) is 0. The van der Waals surface area contributed by atoms with Crippen molar-refractivity contribution in [1.29, 1.82) is 0 Å². The molecule has 0 aromatic heterocycles. The largest absolute Gasteiger partial charge is 0.342 e. The minimum Gasteiger partial charge on any atom is -0.342 e. The first kappa shape index (κ1) is 12.9. The van der Waals surface area contributed by atoms with Crippen molar-refractivity contribution >= 4 is 5.91 Å². The van der Waals surface area contributed by atoms with Gasteiger partial charge in [-0.1, -0.05) is 19.3 Å². The van der Waals surface area contributed by atoms with Crippen LogP contribution in [0.25, 0.3) is 0 Å². The van der Waals surface area contributed by atoms with Gasteiger partial charge in [0.1, 0.15) is 0 Å². The fourth-order valence-corrected chi connectivity index (χ4v) is 3.04. The normalized spacial score (nSPS) is 23.4. The summed E-state index contributed by atoms with van der Waals surface area (Å²) in [5, 5.41) is 0. The lowest BCUT2D eigenvalue weighted by Gasteiger charge is -2.39. The molecule has 0 aromatic carbocycles. The lowest BCUT2D eigenvalue weighted by atomic mass is 9.73. The molecule has 0 atom stereocenters. The molecule has 98 valence electrons. The summed E-state index contributed by atoms with van der Waals surface area (Å²) in [4.78, 5) is 14.8. The van der Waals surface area contributed by atoms with Gasteiger partial charge in [0.25, 0.3) is 0 Å². The van der Waals surface area contributed by atoms with Gasteiger partial charge >= 0.3 is 0 Å². The molecule has 1 amide bonds. The van der Waals surface area contributed by atoms with E-state index in [1.54, 1.807) is 0 Å². The number of hydrogen-bond acceptors (Lipinski definition) is 2. The molecule has 0 heterocycles. The Morgan fingerprint density at radius 2 is 1.94 bits per heavy atom. The van der Waals surface area contributed by atoms with Crippen LogP contribution in [-0.4, -0.2) is 30.4 Å². The van der Waals surface area contributed by atoms with Crippen molar-refractivity contribution in [2.24, 2.45) is 17.1 Å². The number of amides is 1. The van der Waals surface area contributed by atoms with Crippen LogP contribution < -0.4 is 5.73 Å². The molecule has 0 radical (unpaired) electrons. The molecule has 0 bridgehead atoms. The summed E-state index contributed by atoms with van der Waals surface area (Å²) < 4.78 is 0. The van der Waals surface area contributed by atoms with Gasteiger partial charge < -0.3 is 10.6 Å². The zero-order chi connectivity index (χ0) is 12.3. The number of hydrogen-bond donors (Lipinski definition) is 1. The number of carbonyl (C=O) groups is 1. The van der Waals surface area contributed by atoms with Gasteiger partial charge in [0.15, 0.2) is 0 Å². The van der Waals surface area contributed by atoms with Crippen molar-refractivity contribution < 1.29 is 4.79 Å². The maximum absolute atomic E-state index is 12.7. The number of rotatable bonds is 5. The molecule has 0 spiro atoms. The maximum atomic E-state index is 12.7. The highest BCUT2D eigenvalue weighted by Gasteiger charge is 2.41. The van der Waals surface area contributed by atoms with E-state index in [-0.39, 0.29) is 5.41 Å². The first-order valence-corrected chi connectivity index (χ1v) is 7.21. The van der Waals surface area contributed by atoms with Gasteiger partial charge in [-0.3, -0.25) is 4.79 Å². The van der Waals surface area contributed by atoms with E-state index in [2.05, 4.69) is 11.8 Å². The second kappa shape index (κ2) is 5.38. The zero-order valence-corrected chi connectivity index (χ0v) is 11.1. The molecule has 3 heteroatoms. The minimum atomic E-state index is -0.219. The highest BCUT2D eigenvalue weighted by atomic mass is 16.2. The van der Waals surface area contributed by atoms with Crippen LogP contribution in [-0.2, 0) is 4.79 Å². The Balaban J connectivity index is 2.02. The Hall–Kier alpha value is -0.570. The van der Waals surface area contributed by atoms with Gasteiger partial charge in [-0.2, -0.15) is 0 Å². The molecule has 0 aliphatic heterocycles. The average Bonchev–Trinajstić information content (AvgIpc) is 3.20. The third kappa shape index (κ3) is 2.82. The second-order valence-corrected chi connectivity index (χ2v) is 5.83. The molecule has 3 nitrogen and oxygen atoms in total. The Kier molecular flexibility index (Phi) is 4.08. The van der Waals surface area contributed by atoms with Gasteiger partial charge in [-0.15, -0.1) is 0 Å². The quantitative estimate of drug-likeness (QED) is 0.797. The molecule has 17 heavy (non-hydrogen) atoms. The van der Waals surface area contributed by atoms with Gasteiger partial charge in [0.05, 0.1) is 5.41 Å². The molecule has 0 unspecified atom stereocenters. The van der Waals surface area contributed by atoms with Crippen LogP contribution in [0.2, 0.25) is 0 Å². The van der Waals surface area contributed by atoms with Crippen molar-refractivity contribution in [3.8, 4) is 0 Å². The van der Waals surface area contributed by atoms with E-state index in [1.165, 1.54) is 32.1 Å². The summed E-state index contributed by atoms with van der Waals surface area (Å²) in [6.07, 6.45) is 8.23. The summed E-state index contributed by atoms with van der Waals surface area (Å²) in [6.45, 7) is 4.44. The predicted octanol–water partition coefficient (Wildman–Crippen LogP) is 2.15. The monoisotopic (exact) mass is 238 g/mol. The van der Waals surface area contributed by atoms with Gasteiger partial charge in [-0.05, 0) is 38.5 Å². The predicted molar refractivity (Wildman–Crippen MR) is 69.6 cm³/mol.